The van der Waals surface area contributed by atoms with Crippen LogP contribution in [0.4, 0.5) is 0 Å². The first-order chi connectivity index (χ1) is 24.6. The van der Waals surface area contributed by atoms with Gasteiger partial charge in [-0.15, -0.1) is 0 Å². The van der Waals surface area contributed by atoms with Gasteiger partial charge in [-0.3, -0.25) is 0 Å². The van der Waals surface area contributed by atoms with E-state index in [0.29, 0.717) is 11.3 Å². The van der Waals surface area contributed by atoms with Gasteiger partial charge in [0.2, 0.25) is 0 Å². The molecular formula is C38H60Al2P4S10+2. The van der Waals surface area contributed by atoms with Gasteiger partial charge in [-0.05, 0) is 90.9 Å². The quantitative estimate of drug-likeness (QED) is 0.164. The Kier molecular flexibility index (Phi) is 40.5. The second kappa shape index (κ2) is 36.4. The van der Waals surface area contributed by atoms with E-state index >= 15 is 0 Å². The van der Waals surface area contributed by atoms with Gasteiger partial charge >= 0.3 is 34.7 Å². The standard InChI is InChI=1S/2C7H8.2C6H13PS3.2C6H11PS2.2Al/c2*1-7-5-3-2-4-6-7;2*8-7(9,10)6-4-2-1-3-5-6;2*8-7(9)6-4-2-1-3-5-6;;/h2*2-6H,1H3;2*6H,1-5H2,(H2,8,9,10);2*6H,1-5H2;;/q;;;;;;2*+3/p-4. The molecule has 0 heterocycles. The Labute approximate surface area is 407 Å². The average Bonchev–Trinajstić information content (AvgIpc) is 3.14. The van der Waals surface area contributed by atoms with Crippen LogP contribution in [0.3, 0.4) is 0 Å². The molecule has 0 aromatic heterocycles. The van der Waals surface area contributed by atoms with E-state index in [-0.39, 0.29) is 34.7 Å². The van der Waals surface area contributed by atoms with E-state index in [1.54, 1.807) is 0 Å². The predicted octanol–water partition coefficient (Wildman–Crippen LogP) is 14.1. The van der Waals surface area contributed by atoms with E-state index in [1.165, 1.54) is 140 Å². The second-order valence-corrected chi connectivity index (χ2v) is 41.0. The maximum Gasteiger partial charge on any atom is 3.00 e. The number of benzene rings is 2. The van der Waals surface area contributed by atoms with Gasteiger partial charge in [-0.2, -0.15) is 23.6 Å². The Balaban J connectivity index is 0. The SMILES string of the molecule is Cc1ccccc1.Cc1ccccc1.S=P([S-])([S-])C1CCCCC1.S=P([S-])([S-])C1CCCCC1.S=[P+]([S-])C1CCCCC1.S=[P+]([S-])C1CCCCC1.[Al+3].[Al+3]. The molecule has 4 saturated carbocycles. The van der Waals surface area contributed by atoms with E-state index in [9.17, 15) is 0 Å². The van der Waals surface area contributed by atoms with E-state index in [0.717, 1.165) is 11.3 Å². The monoisotopic (exact) mass is 1010 g/mol. The van der Waals surface area contributed by atoms with Crippen LogP contribution in [0.5, 0.6) is 0 Å². The molecule has 0 bridgehead atoms. The minimum absolute atomic E-state index is 0. The minimum atomic E-state index is -1.74. The third-order valence-corrected chi connectivity index (χ3v) is 23.7. The van der Waals surface area contributed by atoms with Gasteiger partial charge < -0.3 is 82.4 Å². The van der Waals surface area contributed by atoms with Crippen molar-refractivity contribution in [3.63, 3.8) is 0 Å². The maximum atomic E-state index is 5.15. The van der Waals surface area contributed by atoms with Crippen molar-refractivity contribution in [1.82, 2.24) is 0 Å². The van der Waals surface area contributed by atoms with Crippen molar-refractivity contribution in [3.05, 3.63) is 71.8 Å². The molecule has 4 aliphatic carbocycles. The second-order valence-electron chi connectivity index (χ2n) is 14.1. The first-order valence-electron chi connectivity index (χ1n) is 18.9. The molecule has 4 fully saturated rings. The molecule has 54 heavy (non-hydrogen) atoms. The first-order valence-corrected chi connectivity index (χ1v) is 35.6. The molecule has 2 aromatic carbocycles. The molecule has 0 saturated heterocycles. The fourth-order valence-electron chi connectivity index (χ4n) is 6.45. The molecule has 0 spiro atoms. The molecule has 296 valence electrons. The van der Waals surface area contributed by atoms with Crippen molar-refractivity contribution in [2.75, 3.05) is 0 Å². The van der Waals surface area contributed by atoms with Crippen LogP contribution in [0.1, 0.15) is 140 Å². The van der Waals surface area contributed by atoms with Crippen LogP contribution in [0.25, 0.3) is 0 Å². The van der Waals surface area contributed by atoms with Gasteiger partial charge in [-0.25, -0.2) is 0 Å². The van der Waals surface area contributed by atoms with Gasteiger partial charge in [0.25, 0.3) is 0 Å². The molecule has 0 radical (unpaired) electrons. The Morgan fingerprint density at radius 3 is 0.796 bits per heavy atom. The average molecular weight is 1020 g/mol. The van der Waals surface area contributed by atoms with E-state index in [4.69, 9.17) is 121 Å². The zero-order valence-corrected chi connectivity index (χ0v) is 46.3. The molecular weight excluding hydrogens is 955 g/mol. The molecule has 0 N–H and O–H groups in total. The Bertz CT molecular complexity index is 1210. The fourth-order valence-corrected chi connectivity index (χ4v) is 16.3. The van der Waals surface area contributed by atoms with E-state index in [2.05, 4.69) is 38.1 Å². The molecule has 0 aliphatic heterocycles. The van der Waals surface area contributed by atoms with Crippen LogP contribution >= 0.6 is 20.7 Å². The number of aryl methyl sites for hydroxylation is 2. The van der Waals surface area contributed by atoms with Crippen molar-refractivity contribution >= 4 is 176 Å². The molecule has 2 unspecified atom stereocenters. The summed E-state index contributed by atoms with van der Waals surface area (Å²) in [7, 11) is 0. The van der Waals surface area contributed by atoms with Crippen molar-refractivity contribution in [1.29, 1.82) is 0 Å². The van der Waals surface area contributed by atoms with Gasteiger partial charge in [-0.1, -0.05) is 134 Å². The van der Waals surface area contributed by atoms with Crippen molar-refractivity contribution < 1.29 is 0 Å². The summed E-state index contributed by atoms with van der Waals surface area (Å²) in [6.07, 6.45) is 26.3. The van der Waals surface area contributed by atoms with Gasteiger partial charge in [0.1, 0.15) is 34.9 Å². The van der Waals surface area contributed by atoms with Crippen molar-refractivity contribution in [2.45, 2.75) is 165 Å². The summed E-state index contributed by atoms with van der Waals surface area (Å²) in [5, 5.41) is 0. The normalized spacial score (nSPS) is 18.7. The first kappa shape index (κ1) is 60.0. The third-order valence-electron chi connectivity index (χ3n) is 9.67. The molecule has 0 amide bonds. The summed E-state index contributed by atoms with van der Waals surface area (Å²) < 4.78 is -3.48. The fraction of sp³-hybridized carbons (Fsp3) is 0.684. The molecule has 0 nitrogen and oxygen atoms in total. The Morgan fingerprint density at radius 1 is 0.444 bits per heavy atom. The number of rotatable bonds is 4. The molecule has 2 atom stereocenters. The van der Waals surface area contributed by atoms with Gasteiger partial charge in [0, 0.05) is 11.8 Å². The molecule has 2 aromatic rings. The van der Waals surface area contributed by atoms with Crippen LogP contribution in [0.15, 0.2) is 60.7 Å². The van der Waals surface area contributed by atoms with Gasteiger partial charge in [0.15, 0.2) is 0 Å². The zero-order valence-electron chi connectivity index (χ0n) is 32.3. The van der Waals surface area contributed by atoms with E-state index < -0.39 is 20.7 Å². The van der Waals surface area contributed by atoms with Crippen LogP contribution in [0.2, 0.25) is 0 Å². The summed E-state index contributed by atoms with van der Waals surface area (Å²) in [5.41, 5.74) is 5.25. The van der Waals surface area contributed by atoms with Crippen molar-refractivity contribution in [3.8, 4) is 0 Å². The Morgan fingerprint density at radius 2 is 0.667 bits per heavy atom. The molecule has 16 heteroatoms. The number of hydrogen-bond donors (Lipinski definition) is 0. The summed E-state index contributed by atoms with van der Waals surface area (Å²) in [4.78, 5) is 0. The zero-order chi connectivity index (χ0) is 38.8. The van der Waals surface area contributed by atoms with Crippen LogP contribution in [0, 0.1) is 13.8 Å². The third kappa shape index (κ3) is 32.6. The van der Waals surface area contributed by atoms with Gasteiger partial charge in [0.05, 0.1) is 0 Å². The summed E-state index contributed by atoms with van der Waals surface area (Å²) in [6, 6.07) is 20.5. The summed E-state index contributed by atoms with van der Waals surface area (Å²) >= 11 is 51.2. The summed E-state index contributed by atoms with van der Waals surface area (Å²) in [6.45, 7) is 4.17. The van der Waals surface area contributed by atoms with Crippen LogP contribution < -0.4 is 0 Å². The van der Waals surface area contributed by atoms with Crippen LogP contribution in [-0.4, -0.2) is 57.4 Å². The molecule has 4 aliphatic rings. The maximum absolute atomic E-state index is 5.15. The smallest absolute Gasteiger partial charge is 0.770 e. The Hall–Kier alpha value is 3.94. The van der Waals surface area contributed by atoms with Crippen LogP contribution in [-0.2, 0) is 121 Å². The van der Waals surface area contributed by atoms with Crippen molar-refractivity contribution in [2.24, 2.45) is 0 Å². The summed E-state index contributed by atoms with van der Waals surface area (Å²) in [5.74, 6) is -0.904. The predicted molar refractivity (Wildman–Crippen MR) is 283 cm³/mol. The number of hydrogen-bond acceptors (Lipinski definition) is 10. The molecule has 6 rings (SSSR count). The minimum Gasteiger partial charge on any atom is -0.770 e. The topological polar surface area (TPSA) is 0 Å². The largest absolute Gasteiger partial charge is 3.00 e. The van der Waals surface area contributed by atoms with E-state index in [1.807, 2.05) is 36.4 Å².